The van der Waals surface area contributed by atoms with Crippen LogP contribution in [-0.4, -0.2) is 41.6 Å². The molecule has 0 saturated heterocycles. The normalized spacial score (nSPS) is 11.8. The number of nitrogens with one attached hydrogen (secondary N) is 1. The summed E-state index contributed by atoms with van der Waals surface area (Å²) in [5.41, 5.74) is 0. The highest BCUT2D eigenvalue weighted by Crippen LogP contribution is 2.25. The number of halogens is 2. The zero-order valence-electron chi connectivity index (χ0n) is 11.3. The van der Waals surface area contributed by atoms with Crippen LogP contribution < -0.4 is 10.1 Å². The standard InChI is InChI=1S/C13H15BrFNO4S/c1-21-5-4-10(13(18)19)16-12(17)7-20-11-3-2-8(15)6-9(11)14/h2-3,6,10H,4-5,7H2,1H3,(H,16,17)(H,18,19)/t10-/m0/s1. The minimum atomic E-state index is -1.08. The second kappa shape index (κ2) is 8.89. The van der Waals surface area contributed by atoms with Crippen molar-refractivity contribution in [3.05, 3.63) is 28.5 Å². The van der Waals surface area contributed by atoms with Gasteiger partial charge in [-0.1, -0.05) is 0 Å². The van der Waals surface area contributed by atoms with Crippen LogP contribution >= 0.6 is 27.7 Å². The van der Waals surface area contributed by atoms with E-state index in [1.807, 2.05) is 6.26 Å². The maximum absolute atomic E-state index is 12.9. The summed E-state index contributed by atoms with van der Waals surface area (Å²) in [6.07, 6.45) is 2.19. The Balaban J connectivity index is 2.50. The number of carbonyl (C=O) groups is 2. The summed E-state index contributed by atoms with van der Waals surface area (Å²) >= 11 is 4.61. The number of carbonyl (C=O) groups excluding carboxylic acids is 1. The average Bonchev–Trinajstić information content (AvgIpc) is 2.42. The summed E-state index contributed by atoms with van der Waals surface area (Å²) in [5.74, 6) is -1.12. The molecule has 0 unspecified atom stereocenters. The van der Waals surface area contributed by atoms with Gasteiger partial charge in [-0.15, -0.1) is 0 Å². The highest BCUT2D eigenvalue weighted by Gasteiger charge is 2.19. The maximum Gasteiger partial charge on any atom is 0.326 e. The van der Waals surface area contributed by atoms with Crippen LogP contribution in [0.15, 0.2) is 22.7 Å². The smallest absolute Gasteiger partial charge is 0.326 e. The molecule has 1 amide bonds. The van der Waals surface area contributed by atoms with Crippen LogP contribution in [0.5, 0.6) is 5.75 Å². The fourth-order valence-electron chi connectivity index (χ4n) is 1.46. The molecule has 0 saturated carbocycles. The van der Waals surface area contributed by atoms with Gasteiger partial charge in [-0.2, -0.15) is 11.8 Å². The van der Waals surface area contributed by atoms with E-state index in [1.165, 1.54) is 30.0 Å². The van der Waals surface area contributed by atoms with Gasteiger partial charge in [-0.25, -0.2) is 9.18 Å². The number of benzene rings is 1. The molecule has 0 fully saturated rings. The lowest BCUT2D eigenvalue weighted by Gasteiger charge is -2.14. The lowest BCUT2D eigenvalue weighted by Crippen LogP contribution is -2.43. The Morgan fingerprint density at radius 2 is 2.24 bits per heavy atom. The Kier molecular flexibility index (Phi) is 7.52. The number of rotatable bonds is 8. The topological polar surface area (TPSA) is 75.6 Å². The van der Waals surface area contributed by atoms with Gasteiger partial charge in [-0.3, -0.25) is 4.79 Å². The number of hydrogen-bond acceptors (Lipinski definition) is 4. The van der Waals surface area contributed by atoms with Crippen molar-refractivity contribution in [2.75, 3.05) is 18.6 Å². The lowest BCUT2D eigenvalue weighted by molar-refractivity contribution is -0.142. The largest absolute Gasteiger partial charge is 0.483 e. The van der Waals surface area contributed by atoms with Crippen LogP contribution in [0.25, 0.3) is 0 Å². The highest BCUT2D eigenvalue weighted by molar-refractivity contribution is 9.10. The van der Waals surface area contributed by atoms with Gasteiger partial charge in [0.15, 0.2) is 6.61 Å². The van der Waals surface area contributed by atoms with E-state index in [0.29, 0.717) is 22.4 Å². The number of thioether (sulfide) groups is 1. The first-order chi connectivity index (χ1) is 9.93. The molecular formula is C13H15BrFNO4S. The van der Waals surface area contributed by atoms with Gasteiger partial charge in [0.25, 0.3) is 5.91 Å². The summed E-state index contributed by atoms with van der Waals surface area (Å²) < 4.78 is 18.5. The molecule has 0 aliphatic heterocycles. The van der Waals surface area contributed by atoms with Crippen molar-refractivity contribution in [2.24, 2.45) is 0 Å². The van der Waals surface area contributed by atoms with Gasteiger partial charge in [0.2, 0.25) is 0 Å². The average molecular weight is 380 g/mol. The van der Waals surface area contributed by atoms with E-state index in [-0.39, 0.29) is 6.61 Å². The molecule has 0 radical (unpaired) electrons. The summed E-state index contributed by atoms with van der Waals surface area (Å²) in [4.78, 5) is 22.7. The minimum Gasteiger partial charge on any atom is -0.483 e. The monoisotopic (exact) mass is 379 g/mol. The van der Waals surface area contributed by atoms with E-state index in [4.69, 9.17) is 9.84 Å². The quantitative estimate of drug-likeness (QED) is 0.724. The van der Waals surface area contributed by atoms with E-state index in [9.17, 15) is 14.0 Å². The molecule has 1 aromatic rings. The van der Waals surface area contributed by atoms with Crippen LogP contribution in [0.2, 0.25) is 0 Å². The molecule has 1 atom stereocenters. The van der Waals surface area contributed by atoms with Crippen molar-refractivity contribution in [2.45, 2.75) is 12.5 Å². The second-order valence-electron chi connectivity index (χ2n) is 4.10. The van der Waals surface area contributed by atoms with Crippen molar-refractivity contribution in [3.63, 3.8) is 0 Å². The van der Waals surface area contributed by atoms with Gasteiger partial charge < -0.3 is 15.2 Å². The molecule has 1 aromatic carbocycles. The SMILES string of the molecule is CSCC[C@H](NC(=O)COc1ccc(F)cc1Br)C(=O)O. The number of hydrogen-bond donors (Lipinski definition) is 2. The summed E-state index contributed by atoms with van der Waals surface area (Å²) in [5, 5.41) is 11.4. The van der Waals surface area contributed by atoms with Crippen LogP contribution in [0.1, 0.15) is 6.42 Å². The Bertz CT molecular complexity index is 515. The molecule has 21 heavy (non-hydrogen) atoms. The van der Waals surface area contributed by atoms with Crippen molar-refractivity contribution < 1.29 is 23.8 Å². The summed E-state index contributed by atoms with van der Waals surface area (Å²) in [6, 6.07) is 2.86. The highest BCUT2D eigenvalue weighted by atomic mass is 79.9. The molecule has 5 nitrogen and oxygen atoms in total. The molecule has 0 spiro atoms. The Morgan fingerprint density at radius 3 is 2.81 bits per heavy atom. The van der Waals surface area contributed by atoms with Crippen molar-refractivity contribution in [1.82, 2.24) is 5.32 Å². The van der Waals surface area contributed by atoms with Gasteiger partial charge >= 0.3 is 5.97 Å². The first-order valence-corrected chi connectivity index (χ1v) is 8.21. The zero-order chi connectivity index (χ0) is 15.8. The number of amides is 1. The predicted octanol–water partition coefficient (Wildman–Crippen LogP) is 2.29. The molecule has 0 aromatic heterocycles. The molecular weight excluding hydrogens is 365 g/mol. The summed E-state index contributed by atoms with van der Waals surface area (Å²) in [7, 11) is 0. The van der Waals surface area contributed by atoms with Crippen molar-refractivity contribution >= 4 is 39.6 Å². The first-order valence-electron chi connectivity index (χ1n) is 6.03. The predicted molar refractivity (Wildman–Crippen MR) is 82.2 cm³/mol. The molecule has 116 valence electrons. The number of aliphatic carboxylic acids is 1. The molecule has 0 heterocycles. The van der Waals surface area contributed by atoms with Crippen LogP contribution in [0.4, 0.5) is 4.39 Å². The molecule has 0 bridgehead atoms. The fourth-order valence-corrected chi connectivity index (χ4v) is 2.40. The second-order valence-corrected chi connectivity index (χ2v) is 5.94. The zero-order valence-corrected chi connectivity index (χ0v) is 13.7. The van der Waals surface area contributed by atoms with E-state index in [0.717, 1.165) is 0 Å². The Labute approximate surface area is 134 Å². The third-order valence-electron chi connectivity index (χ3n) is 2.50. The molecule has 0 aliphatic rings. The van der Waals surface area contributed by atoms with Crippen LogP contribution in [-0.2, 0) is 9.59 Å². The van der Waals surface area contributed by atoms with E-state index in [1.54, 1.807) is 0 Å². The first kappa shape index (κ1) is 17.8. The molecule has 8 heteroatoms. The third kappa shape index (κ3) is 6.34. The summed E-state index contributed by atoms with van der Waals surface area (Å²) in [6.45, 7) is -0.340. The Hall–Kier alpha value is -1.28. The number of carboxylic acid groups (broad SMARTS) is 1. The lowest BCUT2D eigenvalue weighted by atomic mass is 10.2. The van der Waals surface area contributed by atoms with E-state index in [2.05, 4.69) is 21.2 Å². The third-order valence-corrected chi connectivity index (χ3v) is 3.76. The Morgan fingerprint density at radius 1 is 1.52 bits per heavy atom. The maximum atomic E-state index is 12.9. The minimum absolute atomic E-state index is 0.308. The van der Waals surface area contributed by atoms with Crippen LogP contribution in [0.3, 0.4) is 0 Å². The van der Waals surface area contributed by atoms with Gasteiger partial charge in [-0.05, 0) is 52.6 Å². The van der Waals surface area contributed by atoms with Gasteiger partial charge in [0.05, 0.1) is 4.47 Å². The number of ether oxygens (including phenoxy) is 1. The van der Waals surface area contributed by atoms with E-state index >= 15 is 0 Å². The van der Waals surface area contributed by atoms with E-state index < -0.39 is 23.7 Å². The molecule has 2 N–H and O–H groups in total. The van der Waals surface area contributed by atoms with Crippen LogP contribution in [0, 0.1) is 5.82 Å². The molecule has 1 rings (SSSR count). The molecule has 0 aliphatic carbocycles. The van der Waals surface area contributed by atoms with Gasteiger partial charge in [0, 0.05) is 0 Å². The van der Waals surface area contributed by atoms with Gasteiger partial charge in [0.1, 0.15) is 17.6 Å². The number of carboxylic acids is 1. The van der Waals surface area contributed by atoms with Crippen molar-refractivity contribution in [1.29, 1.82) is 0 Å². The fraction of sp³-hybridized carbons (Fsp3) is 0.385. The van der Waals surface area contributed by atoms with Crippen molar-refractivity contribution in [3.8, 4) is 5.75 Å².